The largest absolute Gasteiger partial charge is 0.376 e. The van der Waals surface area contributed by atoms with Crippen molar-refractivity contribution in [2.75, 3.05) is 6.61 Å². The van der Waals surface area contributed by atoms with Crippen LogP contribution in [0, 0.1) is 0 Å². The zero-order chi connectivity index (χ0) is 11.9. The fraction of sp³-hybridized carbons (Fsp3) is 0.214. The van der Waals surface area contributed by atoms with Crippen LogP contribution in [0.2, 0.25) is 0 Å². The Morgan fingerprint density at radius 2 is 1.88 bits per heavy atom. The van der Waals surface area contributed by atoms with Crippen LogP contribution in [0.25, 0.3) is 0 Å². The minimum atomic E-state index is 0.633. The molecule has 1 heterocycles. The van der Waals surface area contributed by atoms with Gasteiger partial charge < -0.3 is 4.74 Å². The summed E-state index contributed by atoms with van der Waals surface area (Å²) in [5.41, 5.74) is 2.24. The smallest absolute Gasteiger partial charge is 0.0727 e. The Labute approximate surface area is 110 Å². The van der Waals surface area contributed by atoms with Crippen LogP contribution in [0.1, 0.15) is 11.3 Å². The molecule has 1 aromatic carbocycles. The van der Waals surface area contributed by atoms with Crippen LogP contribution in [-0.4, -0.2) is 11.6 Å². The van der Waals surface area contributed by atoms with Crippen molar-refractivity contribution in [2.24, 2.45) is 0 Å². The molecule has 2 rings (SSSR count). The molecule has 0 aliphatic heterocycles. The second-order valence-electron chi connectivity index (χ2n) is 3.72. The summed E-state index contributed by atoms with van der Waals surface area (Å²) in [6.07, 6.45) is 2.66. The fourth-order valence-corrected chi connectivity index (χ4v) is 1.92. The first-order valence-corrected chi connectivity index (χ1v) is 6.36. The first-order valence-electron chi connectivity index (χ1n) is 5.57. The number of pyridine rings is 1. The lowest BCUT2D eigenvalue weighted by atomic mass is 10.2. The Kier molecular flexibility index (Phi) is 4.71. The molecule has 0 N–H and O–H groups in total. The number of hydrogen-bond acceptors (Lipinski definition) is 2. The molecule has 0 spiro atoms. The van der Waals surface area contributed by atoms with E-state index in [4.69, 9.17) is 4.74 Å². The number of halogens is 1. The molecule has 17 heavy (non-hydrogen) atoms. The molecule has 0 saturated heterocycles. The van der Waals surface area contributed by atoms with Crippen molar-refractivity contribution >= 4 is 15.9 Å². The van der Waals surface area contributed by atoms with E-state index in [1.165, 1.54) is 5.56 Å². The molecular formula is C14H14BrNO. The predicted octanol–water partition coefficient (Wildman–Crippen LogP) is 3.60. The minimum absolute atomic E-state index is 0.633. The summed E-state index contributed by atoms with van der Waals surface area (Å²) >= 11 is 3.50. The Morgan fingerprint density at radius 1 is 1.06 bits per heavy atom. The lowest BCUT2D eigenvalue weighted by molar-refractivity contribution is 0.123. The molecule has 0 unspecified atom stereocenters. The second-order valence-corrected chi connectivity index (χ2v) is 4.57. The Bertz CT molecular complexity index is 459. The van der Waals surface area contributed by atoms with Crippen LogP contribution in [0.5, 0.6) is 0 Å². The zero-order valence-electron chi connectivity index (χ0n) is 9.47. The van der Waals surface area contributed by atoms with Crippen molar-refractivity contribution < 1.29 is 4.74 Å². The quantitative estimate of drug-likeness (QED) is 0.785. The summed E-state index contributed by atoms with van der Waals surface area (Å²) in [5.74, 6) is 0. The number of hydrogen-bond donors (Lipinski definition) is 0. The van der Waals surface area contributed by atoms with Gasteiger partial charge in [-0.05, 0) is 23.8 Å². The molecule has 0 saturated carbocycles. The Morgan fingerprint density at radius 3 is 2.65 bits per heavy atom. The van der Waals surface area contributed by atoms with E-state index < -0.39 is 0 Å². The first-order chi connectivity index (χ1) is 8.36. The minimum Gasteiger partial charge on any atom is -0.376 e. The fourth-order valence-electron chi connectivity index (χ4n) is 1.52. The van der Waals surface area contributed by atoms with E-state index in [0.29, 0.717) is 13.2 Å². The van der Waals surface area contributed by atoms with Crippen LogP contribution in [0.4, 0.5) is 0 Å². The molecule has 0 atom stereocenters. The maximum atomic E-state index is 5.63. The summed E-state index contributed by atoms with van der Waals surface area (Å²) < 4.78 is 6.73. The van der Waals surface area contributed by atoms with Gasteiger partial charge in [-0.1, -0.05) is 40.2 Å². The van der Waals surface area contributed by atoms with E-state index in [0.717, 1.165) is 16.6 Å². The molecule has 0 aliphatic carbocycles. The van der Waals surface area contributed by atoms with Crippen molar-refractivity contribution in [3.63, 3.8) is 0 Å². The number of aromatic nitrogens is 1. The highest BCUT2D eigenvalue weighted by Gasteiger charge is 1.98. The Balaban J connectivity index is 1.76. The Hall–Kier alpha value is -1.19. The van der Waals surface area contributed by atoms with Crippen molar-refractivity contribution in [1.29, 1.82) is 0 Å². The maximum absolute atomic E-state index is 5.63. The number of ether oxygens (including phenoxy) is 1. The van der Waals surface area contributed by atoms with Gasteiger partial charge >= 0.3 is 0 Å². The summed E-state index contributed by atoms with van der Waals surface area (Å²) in [4.78, 5) is 4.25. The highest BCUT2D eigenvalue weighted by atomic mass is 79.9. The van der Waals surface area contributed by atoms with Gasteiger partial charge in [0.05, 0.1) is 13.2 Å². The number of nitrogens with zero attached hydrogens (tertiary/aromatic N) is 1. The number of benzene rings is 1. The summed E-state index contributed by atoms with van der Waals surface area (Å²) in [5, 5.41) is 0. The highest BCUT2D eigenvalue weighted by Crippen LogP contribution is 2.16. The van der Waals surface area contributed by atoms with Crippen molar-refractivity contribution in [3.05, 3.63) is 64.4 Å². The van der Waals surface area contributed by atoms with Crippen molar-refractivity contribution in [2.45, 2.75) is 13.0 Å². The monoisotopic (exact) mass is 291 g/mol. The molecule has 0 aliphatic rings. The third-order valence-electron chi connectivity index (χ3n) is 2.44. The summed E-state index contributed by atoms with van der Waals surface area (Å²) in [6, 6.07) is 14.0. The third-order valence-corrected chi connectivity index (χ3v) is 3.22. The van der Waals surface area contributed by atoms with E-state index in [2.05, 4.69) is 27.0 Å². The SMILES string of the molecule is Brc1ccccc1COCCc1ccccn1. The molecule has 88 valence electrons. The van der Waals surface area contributed by atoms with Gasteiger partial charge in [-0.2, -0.15) is 0 Å². The lowest BCUT2D eigenvalue weighted by Crippen LogP contribution is -2.00. The molecule has 0 fully saturated rings. The molecule has 0 bridgehead atoms. The molecule has 0 amide bonds. The average Bonchev–Trinajstić information content (AvgIpc) is 2.38. The van der Waals surface area contributed by atoms with E-state index >= 15 is 0 Å². The average molecular weight is 292 g/mol. The van der Waals surface area contributed by atoms with Crippen LogP contribution < -0.4 is 0 Å². The molecule has 2 aromatic rings. The van der Waals surface area contributed by atoms with Crippen molar-refractivity contribution in [1.82, 2.24) is 4.98 Å². The van der Waals surface area contributed by atoms with E-state index in [-0.39, 0.29) is 0 Å². The predicted molar refractivity (Wildman–Crippen MR) is 71.7 cm³/mol. The third kappa shape index (κ3) is 3.95. The van der Waals surface area contributed by atoms with Gasteiger partial charge in [0.25, 0.3) is 0 Å². The van der Waals surface area contributed by atoms with Gasteiger partial charge in [0.15, 0.2) is 0 Å². The van der Waals surface area contributed by atoms with Gasteiger partial charge in [0, 0.05) is 22.8 Å². The lowest BCUT2D eigenvalue weighted by Gasteiger charge is -2.05. The molecule has 2 nitrogen and oxygen atoms in total. The second kappa shape index (κ2) is 6.52. The summed E-state index contributed by atoms with van der Waals surface area (Å²) in [6.45, 7) is 1.33. The zero-order valence-corrected chi connectivity index (χ0v) is 11.1. The first kappa shape index (κ1) is 12.3. The summed E-state index contributed by atoms with van der Waals surface area (Å²) in [7, 11) is 0. The number of rotatable bonds is 5. The van der Waals surface area contributed by atoms with E-state index in [9.17, 15) is 0 Å². The standard InChI is InChI=1S/C14H14BrNO/c15-14-7-2-1-5-12(14)11-17-10-8-13-6-3-4-9-16-13/h1-7,9H,8,10-11H2. The van der Waals surface area contributed by atoms with Crippen molar-refractivity contribution in [3.8, 4) is 0 Å². The normalized spacial score (nSPS) is 10.4. The van der Waals surface area contributed by atoms with Gasteiger partial charge in [-0.25, -0.2) is 0 Å². The van der Waals surface area contributed by atoms with Gasteiger partial charge in [-0.15, -0.1) is 0 Å². The van der Waals surface area contributed by atoms with Crippen LogP contribution in [0.15, 0.2) is 53.1 Å². The van der Waals surface area contributed by atoms with E-state index in [1.807, 2.05) is 42.6 Å². The van der Waals surface area contributed by atoms with Crippen LogP contribution in [-0.2, 0) is 17.8 Å². The highest BCUT2D eigenvalue weighted by molar-refractivity contribution is 9.10. The molecule has 0 radical (unpaired) electrons. The molecular weight excluding hydrogens is 278 g/mol. The van der Waals surface area contributed by atoms with Crippen LogP contribution >= 0.6 is 15.9 Å². The maximum Gasteiger partial charge on any atom is 0.0727 e. The molecule has 1 aromatic heterocycles. The molecule has 3 heteroatoms. The van der Waals surface area contributed by atoms with E-state index in [1.54, 1.807) is 0 Å². The topological polar surface area (TPSA) is 22.1 Å². The van der Waals surface area contributed by atoms with Gasteiger partial charge in [0.2, 0.25) is 0 Å². The van der Waals surface area contributed by atoms with Crippen LogP contribution in [0.3, 0.4) is 0 Å². The van der Waals surface area contributed by atoms with Gasteiger partial charge in [-0.3, -0.25) is 4.98 Å². The van der Waals surface area contributed by atoms with Gasteiger partial charge in [0.1, 0.15) is 0 Å².